The molecule has 0 aromatic carbocycles. The zero-order valence-electron chi connectivity index (χ0n) is 13.2. The van der Waals surface area contributed by atoms with Crippen molar-refractivity contribution in [2.24, 2.45) is 11.3 Å². The van der Waals surface area contributed by atoms with Gasteiger partial charge in [-0.2, -0.15) is 11.8 Å². The van der Waals surface area contributed by atoms with E-state index in [0.717, 1.165) is 43.6 Å². The van der Waals surface area contributed by atoms with Gasteiger partial charge in [-0.1, -0.05) is 32.4 Å². The van der Waals surface area contributed by atoms with Crippen LogP contribution in [0.2, 0.25) is 0 Å². The van der Waals surface area contributed by atoms with E-state index in [-0.39, 0.29) is 11.5 Å². The molecule has 0 heterocycles. The molecule has 3 heteroatoms. The fourth-order valence-corrected chi connectivity index (χ4v) is 5.39. The predicted octanol–water partition coefficient (Wildman–Crippen LogP) is 3.77. The Kier molecular flexibility index (Phi) is 5.25. The van der Waals surface area contributed by atoms with Gasteiger partial charge >= 0.3 is 0 Å². The maximum atomic E-state index is 10.4. The third kappa shape index (κ3) is 3.10. The third-order valence-electron chi connectivity index (χ3n) is 5.78. The summed E-state index contributed by atoms with van der Waals surface area (Å²) in [6.07, 6.45) is 8.28. The quantitative estimate of drug-likeness (QED) is 0.733. The molecule has 3 atom stereocenters. The van der Waals surface area contributed by atoms with Gasteiger partial charge in [-0.05, 0) is 49.9 Å². The van der Waals surface area contributed by atoms with Crippen LogP contribution in [-0.4, -0.2) is 33.4 Å². The van der Waals surface area contributed by atoms with E-state index < -0.39 is 5.60 Å². The zero-order valence-corrected chi connectivity index (χ0v) is 14.0. The Morgan fingerprint density at radius 3 is 2.75 bits per heavy atom. The number of aliphatic hydroxyl groups is 2. The van der Waals surface area contributed by atoms with E-state index in [0.29, 0.717) is 5.92 Å². The van der Waals surface area contributed by atoms with E-state index in [2.05, 4.69) is 26.8 Å². The lowest BCUT2D eigenvalue weighted by Gasteiger charge is -2.42. The highest BCUT2D eigenvalue weighted by Crippen LogP contribution is 2.53. The highest BCUT2D eigenvalue weighted by Gasteiger charge is 2.46. The van der Waals surface area contributed by atoms with Gasteiger partial charge in [0.15, 0.2) is 0 Å². The second-order valence-electron chi connectivity index (χ2n) is 6.87. The number of aliphatic hydroxyl groups excluding tert-OH is 1. The highest BCUT2D eigenvalue weighted by atomic mass is 32.2. The Morgan fingerprint density at radius 1 is 1.40 bits per heavy atom. The van der Waals surface area contributed by atoms with Crippen LogP contribution in [0.25, 0.3) is 0 Å². The minimum Gasteiger partial charge on any atom is -0.393 e. The summed E-state index contributed by atoms with van der Waals surface area (Å²) in [4.78, 5) is 0. The van der Waals surface area contributed by atoms with Gasteiger partial charge in [0, 0.05) is 11.5 Å². The maximum absolute atomic E-state index is 10.4. The molecule has 0 saturated heterocycles. The molecule has 0 radical (unpaired) electrons. The van der Waals surface area contributed by atoms with Crippen LogP contribution in [0.5, 0.6) is 0 Å². The zero-order chi connectivity index (χ0) is 14.8. The van der Waals surface area contributed by atoms with E-state index >= 15 is 0 Å². The first kappa shape index (κ1) is 16.4. The molecule has 2 rings (SSSR count). The molecule has 20 heavy (non-hydrogen) atoms. The molecule has 1 saturated carbocycles. The van der Waals surface area contributed by atoms with Crippen molar-refractivity contribution in [1.82, 2.24) is 0 Å². The van der Waals surface area contributed by atoms with Gasteiger partial charge in [-0.15, -0.1) is 0 Å². The van der Waals surface area contributed by atoms with Gasteiger partial charge in [0.1, 0.15) is 0 Å². The van der Waals surface area contributed by atoms with Crippen LogP contribution in [0.3, 0.4) is 0 Å². The Balaban J connectivity index is 1.91. The minimum absolute atomic E-state index is 0.115. The van der Waals surface area contributed by atoms with Crippen LogP contribution in [0.15, 0.2) is 11.6 Å². The van der Waals surface area contributed by atoms with Crippen molar-refractivity contribution in [1.29, 1.82) is 0 Å². The van der Waals surface area contributed by atoms with Gasteiger partial charge in [-0.3, -0.25) is 0 Å². The van der Waals surface area contributed by atoms with Gasteiger partial charge in [0.05, 0.1) is 11.7 Å². The number of fused-ring (bicyclic) bond motifs is 1. The standard InChI is InChI=1S/C17H30O2S/c1-4-17(19,5-2)12-20-11-13-8-9-14-15(18)7-6-10-16(13,14)3/h8,14-15,18-19H,4-7,9-12H2,1-3H3. The molecule has 2 nitrogen and oxygen atoms in total. The molecular formula is C17H30O2S. The van der Waals surface area contributed by atoms with E-state index in [1.165, 1.54) is 12.0 Å². The molecule has 2 aliphatic carbocycles. The highest BCUT2D eigenvalue weighted by molar-refractivity contribution is 7.99. The first-order chi connectivity index (χ1) is 9.45. The van der Waals surface area contributed by atoms with Crippen molar-refractivity contribution in [3.8, 4) is 0 Å². The molecule has 0 bridgehead atoms. The van der Waals surface area contributed by atoms with Crippen molar-refractivity contribution >= 4 is 11.8 Å². The predicted molar refractivity (Wildman–Crippen MR) is 87.0 cm³/mol. The summed E-state index contributed by atoms with van der Waals surface area (Å²) in [6.45, 7) is 6.47. The van der Waals surface area contributed by atoms with E-state index in [1.54, 1.807) is 0 Å². The lowest BCUT2D eigenvalue weighted by atomic mass is 9.65. The second-order valence-corrected chi connectivity index (χ2v) is 7.86. The van der Waals surface area contributed by atoms with E-state index in [9.17, 15) is 10.2 Å². The Bertz CT molecular complexity index is 362. The van der Waals surface area contributed by atoms with Crippen molar-refractivity contribution in [2.45, 2.75) is 71.0 Å². The van der Waals surface area contributed by atoms with Crippen LogP contribution < -0.4 is 0 Å². The summed E-state index contributed by atoms with van der Waals surface area (Å²) in [5.41, 5.74) is 1.22. The van der Waals surface area contributed by atoms with Gasteiger partial charge in [0.2, 0.25) is 0 Å². The minimum atomic E-state index is -0.504. The van der Waals surface area contributed by atoms with Gasteiger partial charge in [0.25, 0.3) is 0 Å². The lowest BCUT2D eigenvalue weighted by molar-refractivity contribution is 0.0114. The summed E-state index contributed by atoms with van der Waals surface area (Å²) >= 11 is 1.86. The third-order valence-corrected chi connectivity index (χ3v) is 7.03. The van der Waals surface area contributed by atoms with Crippen LogP contribution in [0.1, 0.15) is 59.3 Å². The molecule has 116 valence electrons. The lowest BCUT2D eigenvalue weighted by Crippen LogP contribution is -2.39. The van der Waals surface area contributed by atoms with Crippen molar-refractivity contribution in [3.63, 3.8) is 0 Å². The van der Waals surface area contributed by atoms with Crippen LogP contribution >= 0.6 is 11.8 Å². The van der Waals surface area contributed by atoms with E-state index in [4.69, 9.17) is 0 Å². The number of hydrogen-bond donors (Lipinski definition) is 2. The van der Waals surface area contributed by atoms with Crippen molar-refractivity contribution in [2.75, 3.05) is 11.5 Å². The molecule has 2 aliphatic rings. The number of allylic oxidation sites excluding steroid dienone is 1. The normalized spacial score (nSPS) is 34.0. The summed E-state index contributed by atoms with van der Waals surface area (Å²) in [6, 6.07) is 0. The maximum Gasteiger partial charge on any atom is 0.0732 e. The largest absolute Gasteiger partial charge is 0.393 e. The van der Waals surface area contributed by atoms with Gasteiger partial charge in [-0.25, -0.2) is 0 Å². The Labute approximate surface area is 128 Å². The first-order valence-corrected chi connectivity index (χ1v) is 9.28. The molecule has 1 fully saturated rings. The number of hydrogen-bond acceptors (Lipinski definition) is 3. The van der Waals surface area contributed by atoms with Gasteiger partial charge < -0.3 is 10.2 Å². The van der Waals surface area contributed by atoms with Crippen molar-refractivity contribution < 1.29 is 10.2 Å². The molecule has 2 N–H and O–H groups in total. The summed E-state index contributed by atoms with van der Waals surface area (Å²) in [7, 11) is 0. The Hall–Kier alpha value is 0.01000. The van der Waals surface area contributed by atoms with Crippen LogP contribution in [0.4, 0.5) is 0 Å². The average Bonchev–Trinajstić information content (AvgIpc) is 2.77. The smallest absolute Gasteiger partial charge is 0.0732 e. The number of thioether (sulfide) groups is 1. The molecule has 0 aromatic heterocycles. The number of rotatable bonds is 6. The summed E-state index contributed by atoms with van der Waals surface area (Å²) in [5, 5.41) is 20.6. The van der Waals surface area contributed by atoms with Crippen molar-refractivity contribution in [3.05, 3.63) is 11.6 Å². The monoisotopic (exact) mass is 298 g/mol. The molecule has 0 aromatic rings. The van der Waals surface area contributed by atoms with Crippen LogP contribution in [0, 0.1) is 11.3 Å². The fourth-order valence-electron chi connectivity index (χ4n) is 3.84. The second kappa shape index (κ2) is 6.41. The topological polar surface area (TPSA) is 40.5 Å². The molecule has 0 spiro atoms. The fraction of sp³-hybridized carbons (Fsp3) is 0.882. The van der Waals surface area contributed by atoms with E-state index in [1.807, 2.05) is 11.8 Å². The summed E-state index contributed by atoms with van der Waals surface area (Å²) in [5.74, 6) is 2.27. The molecular weight excluding hydrogens is 268 g/mol. The Morgan fingerprint density at radius 2 is 2.10 bits per heavy atom. The summed E-state index contributed by atoms with van der Waals surface area (Å²) < 4.78 is 0. The molecule has 0 aliphatic heterocycles. The van der Waals surface area contributed by atoms with Crippen LogP contribution in [-0.2, 0) is 0 Å². The first-order valence-electron chi connectivity index (χ1n) is 8.13. The average molecular weight is 298 g/mol. The molecule has 0 amide bonds. The SMILES string of the molecule is CCC(O)(CC)CSCC1=CCC2C(O)CCCC12C. The molecule has 3 unspecified atom stereocenters.